The van der Waals surface area contributed by atoms with Gasteiger partial charge in [-0.2, -0.15) is 0 Å². The Bertz CT molecular complexity index is 1180. The maximum atomic E-state index is 11.8. The van der Waals surface area contributed by atoms with Crippen LogP contribution in [0.5, 0.6) is 5.75 Å². The minimum absolute atomic E-state index is 0.167. The zero-order chi connectivity index (χ0) is 24.6. The van der Waals surface area contributed by atoms with Crippen LogP contribution in [0.4, 0.5) is 0 Å². The van der Waals surface area contributed by atoms with Gasteiger partial charge in [0.1, 0.15) is 18.5 Å². The predicted octanol–water partition coefficient (Wildman–Crippen LogP) is 2.75. The van der Waals surface area contributed by atoms with Crippen LogP contribution in [0, 0.1) is 0 Å². The third-order valence-corrected chi connectivity index (χ3v) is 6.24. The molecule has 1 heterocycles. The van der Waals surface area contributed by atoms with Gasteiger partial charge in [0.25, 0.3) is 0 Å². The molecule has 3 aromatic rings. The van der Waals surface area contributed by atoms with E-state index in [0.717, 1.165) is 23.2 Å². The van der Waals surface area contributed by atoms with Crippen LogP contribution < -0.4 is 10.1 Å². The van der Waals surface area contributed by atoms with Crippen molar-refractivity contribution >= 4 is 9.84 Å². The number of hydrogen-bond donors (Lipinski definition) is 2. The number of aromatic nitrogens is 2. The van der Waals surface area contributed by atoms with Crippen LogP contribution in [0.2, 0.25) is 0 Å². The summed E-state index contributed by atoms with van der Waals surface area (Å²) in [5.74, 6) is 1.15. The van der Waals surface area contributed by atoms with E-state index < -0.39 is 15.9 Å². The molecule has 0 bridgehead atoms. The monoisotopic (exact) mass is 485 g/mol. The molecule has 0 aliphatic carbocycles. The van der Waals surface area contributed by atoms with E-state index in [-0.39, 0.29) is 11.5 Å². The Balaban J connectivity index is 1.94. The number of sulfone groups is 1. The third-order valence-electron chi connectivity index (χ3n) is 5.11. The van der Waals surface area contributed by atoms with Crippen LogP contribution >= 0.6 is 0 Å². The summed E-state index contributed by atoms with van der Waals surface area (Å²) in [6, 6.07) is 16.0. The summed E-state index contributed by atoms with van der Waals surface area (Å²) in [7, 11) is 0.158. The standard InChI is InChI=1S/C25H31N3O5S/c1-26-16-21(29)17-33-22-8-4-6-19(14-22)25-27-20(7-5-13-32-2)15-24(28-25)18-9-11-23(12-10-18)34(3,30)31/h4,6,8-12,14-15,21,26,29H,5,7,13,16-17H2,1-3H3. The lowest BCUT2D eigenvalue weighted by Gasteiger charge is -2.13. The van der Waals surface area contributed by atoms with Gasteiger partial charge in [0.05, 0.1) is 10.6 Å². The number of hydrogen-bond acceptors (Lipinski definition) is 8. The lowest BCUT2D eigenvalue weighted by Crippen LogP contribution is -2.29. The molecule has 1 unspecified atom stereocenters. The highest BCUT2D eigenvalue weighted by Crippen LogP contribution is 2.26. The topological polar surface area (TPSA) is 111 Å². The van der Waals surface area contributed by atoms with E-state index in [4.69, 9.17) is 19.4 Å². The van der Waals surface area contributed by atoms with E-state index in [1.54, 1.807) is 38.4 Å². The predicted molar refractivity (Wildman–Crippen MR) is 132 cm³/mol. The van der Waals surface area contributed by atoms with Gasteiger partial charge in [0.2, 0.25) is 0 Å². The van der Waals surface area contributed by atoms with Gasteiger partial charge in [-0.15, -0.1) is 0 Å². The maximum Gasteiger partial charge on any atom is 0.175 e. The number of aryl methyl sites for hydroxylation is 1. The summed E-state index contributed by atoms with van der Waals surface area (Å²) >= 11 is 0. The highest BCUT2D eigenvalue weighted by atomic mass is 32.2. The molecule has 2 N–H and O–H groups in total. The molecule has 0 fully saturated rings. The van der Waals surface area contributed by atoms with E-state index in [2.05, 4.69) is 5.32 Å². The summed E-state index contributed by atoms with van der Waals surface area (Å²) in [4.78, 5) is 9.76. The van der Waals surface area contributed by atoms with Crippen LogP contribution in [0.25, 0.3) is 22.6 Å². The number of aliphatic hydroxyl groups excluding tert-OH is 1. The lowest BCUT2D eigenvalue weighted by molar-refractivity contribution is 0.108. The molecule has 8 nitrogen and oxygen atoms in total. The SMILES string of the molecule is CNCC(O)COc1cccc(-c2nc(CCCOC)cc(-c3ccc(S(C)(=O)=O)cc3)n2)c1. The van der Waals surface area contributed by atoms with Crippen molar-refractivity contribution in [3.8, 4) is 28.4 Å². The third kappa shape index (κ3) is 7.33. The van der Waals surface area contributed by atoms with Crippen LogP contribution in [-0.4, -0.2) is 69.8 Å². The maximum absolute atomic E-state index is 11.8. The largest absolute Gasteiger partial charge is 0.491 e. The number of benzene rings is 2. The van der Waals surface area contributed by atoms with Gasteiger partial charge in [-0.05, 0) is 50.2 Å². The fourth-order valence-electron chi connectivity index (χ4n) is 3.38. The van der Waals surface area contributed by atoms with Crippen molar-refractivity contribution in [1.82, 2.24) is 15.3 Å². The van der Waals surface area contributed by atoms with Crippen molar-refractivity contribution < 1.29 is 23.0 Å². The normalized spacial score (nSPS) is 12.5. The molecule has 0 saturated carbocycles. The van der Waals surface area contributed by atoms with E-state index in [9.17, 15) is 13.5 Å². The Hall–Kier alpha value is -2.85. The van der Waals surface area contributed by atoms with Gasteiger partial charge in [0, 0.05) is 43.3 Å². The summed E-state index contributed by atoms with van der Waals surface area (Å²) in [6.07, 6.45) is 2.09. The van der Waals surface area contributed by atoms with Crippen molar-refractivity contribution in [3.05, 3.63) is 60.3 Å². The second kappa shape index (κ2) is 12.0. The fourth-order valence-corrected chi connectivity index (χ4v) is 4.02. The Kier molecular flexibility index (Phi) is 9.12. The van der Waals surface area contributed by atoms with E-state index in [1.165, 1.54) is 6.26 Å². The van der Waals surface area contributed by atoms with Crippen molar-refractivity contribution in [1.29, 1.82) is 0 Å². The fraction of sp³-hybridized carbons (Fsp3) is 0.360. The first kappa shape index (κ1) is 25.8. The summed E-state index contributed by atoms with van der Waals surface area (Å²) in [5.41, 5.74) is 3.14. The molecular formula is C25H31N3O5S. The highest BCUT2D eigenvalue weighted by molar-refractivity contribution is 7.90. The van der Waals surface area contributed by atoms with Gasteiger partial charge >= 0.3 is 0 Å². The van der Waals surface area contributed by atoms with Crippen molar-refractivity contribution in [2.24, 2.45) is 0 Å². The number of rotatable bonds is 12. The molecule has 2 aromatic carbocycles. The Morgan fingerprint density at radius 3 is 2.50 bits per heavy atom. The summed E-state index contributed by atoms with van der Waals surface area (Å²) in [5, 5.41) is 12.8. The molecule has 0 aliphatic rings. The Morgan fingerprint density at radius 1 is 1.06 bits per heavy atom. The Labute approximate surface area is 200 Å². The molecule has 182 valence electrons. The van der Waals surface area contributed by atoms with E-state index in [0.29, 0.717) is 36.8 Å². The molecule has 0 amide bonds. The molecule has 1 aromatic heterocycles. The van der Waals surface area contributed by atoms with Crippen LogP contribution in [0.15, 0.2) is 59.5 Å². The van der Waals surface area contributed by atoms with Crippen molar-refractivity contribution in [2.45, 2.75) is 23.8 Å². The number of aliphatic hydroxyl groups is 1. The van der Waals surface area contributed by atoms with Gasteiger partial charge in [-0.25, -0.2) is 18.4 Å². The molecule has 1 atom stereocenters. The van der Waals surface area contributed by atoms with Gasteiger partial charge in [-0.3, -0.25) is 0 Å². The van der Waals surface area contributed by atoms with Crippen LogP contribution in [0.1, 0.15) is 12.1 Å². The first-order chi connectivity index (χ1) is 16.3. The summed E-state index contributed by atoms with van der Waals surface area (Å²) in [6.45, 7) is 1.23. The molecule has 0 saturated heterocycles. The van der Waals surface area contributed by atoms with Gasteiger partial charge < -0.3 is 19.9 Å². The first-order valence-electron chi connectivity index (χ1n) is 11.0. The van der Waals surface area contributed by atoms with Crippen LogP contribution in [0.3, 0.4) is 0 Å². The average Bonchev–Trinajstić information content (AvgIpc) is 2.83. The smallest absolute Gasteiger partial charge is 0.175 e. The number of nitrogens with zero attached hydrogens (tertiary/aromatic N) is 2. The Morgan fingerprint density at radius 2 is 1.82 bits per heavy atom. The van der Waals surface area contributed by atoms with Gasteiger partial charge in [-0.1, -0.05) is 24.3 Å². The number of methoxy groups -OCH3 is 1. The lowest BCUT2D eigenvalue weighted by atomic mass is 10.1. The average molecular weight is 486 g/mol. The quantitative estimate of drug-likeness (QED) is 0.377. The minimum Gasteiger partial charge on any atom is -0.491 e. The van der Waals surface area contributed by atoms with Crippen molar-refractivity contribution in [3.63, 3.8) is 0 Å². The number of ether oxygens (including phenoxy) is 2. The molecule has 0 radical (unpaired) electrons. The van der Waals surface area contributed by atoms with E-state index in [1.807, 2.05) is 30.3 Å². The van der Waals surface area contributed by atoms with Crippen molar-refractivity contribution in [2.75, 3.05) is 40.2 Å². The second-order valence-corrected chi connectivity index (χ2v) is 10.0. The molecular weight excluding hydrogens is 454 g/mol. The van der Waals surface area contributed by atoms with Crippen LogP contribution in [-0.2, 0) is 21.0 Å². The molecule has 9 heteroatoms. The highest BCUT2D eigenvalue weighted by Gasteiger charge is 2.12. The van der Waals surface area contributed by atoms with E-state index >= 15 is 0 Å². The molecule has 34 heavy (non-hydrogen) atoms. The molecule has 3 rings (SSSR count). The number of likely N-dealkylation sites (N-methyl/N-ethyl adjacent to an activating group) is 1. The summed E-state index contributed by atoms with van der Waals surface area (Å²) < 4.78 is 34.5. The minimum atomic E-state index is -3.28. The molecule has 0 spiro atoms. The first-order valence-corrected chi connectivity index (χ1v) is 12.9. The zero-order valence-corrected chi connectivity index (χ0v) is 20.5. The number of nitrogens with one attached hydrogen (secondary N) is 1. The molecule has 0 aliphatic heterocycles. The second-order valence-electron chi connectivity index (χ2n) is 8.01. The van der Waals surface area contributed by atoms with Gasteiger partial charge in [0.15, 0.2) is 15.7 Å². The zero-order valence-electron chi connectivity index (χ0n) is 19.7.